The summed E-state index contributed by atoms with van der Waals surface area (Å²) in [5.74, 6) is 3.21. The molecule has 4 saturated carbocycles. The van der Waals surface area contributed by atoms with Gasteiger partial charge in [0.25, 0.3) is 0 Å². The van der Waals surface area contributed by atoms with Crippen molar-refractivity contribution in [2.24, 2.45) is 34.5 Å². The number of likely N-dealkylation sites (N-methyl/N-ethyl adjacent to an activating group) is 1. The third-order valence-corrected chi connectivity index (χ3v) is 13.6. The normalized spacial score (nSPS) is 49.5. The van der Waals surface area contributed by atoms with Gasteiger partial charge in [0.15, 0.2) is 6.10 Å². The van der Waals surface area contributed by atoms with Crippen molar-refractivity contribution in [1.29, 1.82) is 0 Å². The Labute approximate surface area is 220 Å². The Balaban J connectivity index is 1.25. The lowest BCUT2D eigenvalue weighted by molar-refractivity contribution is -0.942. The van der Waals surface area contributed by atoms with Gasteiger partial charge in [-0.15, -0.1) is 0 Å². The van der Waals surface area contributed by atoms with E-state index in [1.807, 2.05) is 0 Å². The molecule has 6 fully saturated rings. The van der Waals surface area contributed by atoms with E-state index in [4.69, 9.17) is 9.47 Å². The zero-order valence-electron chi connectivity index (χ0n) is 24.0. The first-order valence-corrected chi connectivity index (χ1v) is 15.5. The molecular weight excluding hydrogens is 448 g/mol. The van der Waals surface area contributed by atoms with Gasteiger partial charge in [0.1, 0.15) is 19.1 Å². The quantitative estimate of drug-likeness (QED) is 0.401. The first-order valence-electron chi connectivity index (χ1n) is 15.5. The molecule has 2 saturated heterocycles. The first-order chi connectivity index (χ1) is 17.1. The van der Waals surface area contributed by atoms with Gasteiger partial charge in [-0.05, 0) is 67.6 Å². The predicted molar refractivity (Wildman–Crippen MR) is 142 cm³/mol. The molecule has 0 bridgehead atoms. The molecule has 0 radical (unpaired) electrons. The summed E-state index contributed by atoms with van der Waals surface area (Å²) in [6.45, 7) is 13.5. The average molecular weight is 503 g/mol. The fourth-order valence-corrected chi connectivity index (χ4v) is 11.3. The molecule has 0 spiro atoms. The van der Waals surface area contributed by atoms with Crippen LogP contribution in [0.2, 0.25) is 0 Å². The monoisotopic (exact) mass is 502 g/mol. The van der Waals surface area contributed by atoms with Gasteiger partial charge in [0.05, 0.1) is 46.4 Å². The summed E-state index contributed by atoms with van der Waals surface area (Å²) in [4.78, 5) is 12.4. The Bertz CT molecular complexity index is 849. The highest BCUT2D eigenvalue weighted by molar-refractivity contribution is 5.66. The summed E-state index contributed by atoms with van der Waals surface area (Å²) in [7, 11) is 4.99. The van der Waals surface area contributed by atoms with Crippen LogP contribution in [0.15, 0.2) is 0 Å². The number of hydrogen-bond donors (Lipinski definition) is 0. The van der Waals surface area contributed by atoms with E-state index in [2.05, 4.69) is 27.9 Å². The second kappa shape index (κ2) is 8.95. The van der Waals surface area contributed by atoms with Crippen LogP contribution in [0.4, 0.5) is 0 Å². The number of ether oxygens (including phenoxy) is 2. The van der Waals surface area contributed by atoms with E-state index in [-0.39, 0.29) is 17.5 Å². The summed E-state index contributed by atoms with van der Waals surface area (Å²) >= 11 is 0. The average Bonchev–Trinajstić information content (AvgIpc) is 3.41. The number of likely N-dealkylation sites (tertiary alicyclic amines) is 1. The molecule has 36 heavy (non-hydrogen) atoms. The van der Waals surface area contributed by atoms with Gasteiger partial charge in [0, 0.05) is 38.0 Å². The van der Waals surface area contributed by atoms with Crippen molar-refractivity contribution in [3.05, 3.63) is 0 Å². The van der Waals surface area contributed by atoms with E-state index < -0.39 is 0 Å². The third-order valence-electron chi connectivity index (χ3n) is 13.6. The van der Waals surface area contributed by atoms with Crippen molar-refractivity contribution in [1.82, 2.24) is 0 Å². The van der Waals surface area contributed by atoms with Gasteiger partial charge in [-0.25, -0.2) is 0 Å². The number of rotatable bonds is 3. The molecule has 0 aromatic rings. The van der Waals surface area contributed by atoms with Crippen molar-refractivity contribution in [2.75, 3.05) is 53.5 Å². The number of carbonyl (C=O) groups is 1. The van der Waals surface area contributed by atoms with Gasteiger partial charge in [-0.3, -0.25) is 4.79 Å². The van der Waals surface area contributed by atoms with E-state index in [1.54, 1.807) is 6.92 Å². The Kier molecular flexibility index (Phi) is 6.37. The second-order valence-corrected chi connectivity index (χ2v) is 15.1. The lowest BCUT2D eigenvalue weighted by Crippen LogP contribution is -2.62. The molecule has 2 aliphatic heterocycles. The maximum atomic E-state index is 12.4. The van der Waals surface area contributed by atoms with Crippen LogP contribution in [0.25, 0.3) is 0 Å². The van der Waals surface area contributed by atoms with Crippen LogP contribution in [0.5, 0.6) is 0 Å². The van der Waals surface area contributed by atoms with E-state index in [9.17, 15) is 4.79 Å². The minimum atomic E-state index is -0.0821. The number of fused-ring (bicyclic) bond motifs is 5. The zero-order valence-corrected chi connectivity index (χ0v) is 24.0. The molecule has 5 nitrogen and oxygen atoms in total. The molecule has 0 unspecified atom stereocenters. The number of quaternary nitrogens is 2. The van der Waals surface area contributed by atoms with Crippen molar-refractivity contribution in [3.8, 4) is 0 Å². The third kappa shape index (κ3) is 3.84. The van der Waals surface area contributed by atoms with Crippen LogP contribution in [0, 0.1) is 34.5 Å². The highest BCUT2D eigenvalue weighted by atomic mass is 16.5. The standard InChI is InChI=1S/C31H54N2O3/c1-22(34)36-29-28(33(5)16-18-35-19-17-33)21-27-25-9-8-23-20-24(32(4)14-6-7-15-32)10-12-30(23,2)26(25)11-13-31(27,29)3/h23-29H,6-21H2,1-5H3/q+2/t23-,24-,25+,26-,27-,28-,29-,30-,31-/m0/s1. The second-order valence-electron chi connectivity index (χ2n) is 15.1. The molecule has 6 rings (SSSR count). The molecule has 0 amide bonds. The fraction of sp³-hybridized carbons (Fsp3) is 0.968. The number of morpholine rings is 1. The summed E-state index contributed by atoms with van der Waals surface area (Å²) in [6, 6.07) is 1.33. The molecule has 2 heterocycles. The van der Waals surface area contributed by atoms with Crippen LogP contribution in [-0.2, 0) is 14.3 Å². The SMILES string of the molecule is CC(=O)O[C@H]1[C@@H]([N+]2(C)CCOCC2)C[C@H]2[C@@H]3CC[C@H]4C[C@@H]([N+]5(C)CCCC5)CC[C@]4(C)[C@H]3CC[C@@]21C. The predicted octanol–water partition coefficient (Wildman–Crippen LogP) is 5.03. The van der Waals surface area contributed by atoms with Gasteiger partial charge in [-0.1, -0.05) is 13.8 Å². The summed E-state index contributed by atoms with van der Waals surface area (Å²) in [6.07, 6.45) is 14.0. The summed E-state index contributed by atoms with van der Waals surface area (Å²) in [5, 5.41) is 0. The van der Waals surface area contributed by atoms with Crippen molar-refractivity contribution in [2.45, 2.75) is 103 Å². The Morgan fingerprint density at radius 2 is 1.53 bits per heavy atom. The smallest absolute Gasteiger partial charge is 0.303 e. The molecule has 0 N–H and O–H groups in total. The van der Waals surface area contributed by atoms with Gasteiger partial charge in [0.2, 0.25) is 0 Å². The van der Waals surface area contributed by atoms with Gasteiger partial charge >= 0.3 is 5.97 Å². The van der Waals surface area contributed by atoms with Crippen LogP contribution in [-0.4, -0.2) is 86.6 Å². The first kappa shape index (κ1) is 25.6. The number of hydrogen-bond acceptors (Lipinski definition) is 3. The number of esters is 1. The molecule has 4 aliphatic carbocycles. The molecule has 9 atom stereocenters. The number of nitrogens with zero attached hydrogens (tertiary/aromatic N) is 2. The van der Waals surface area contributed by atoms with Crippen LogP contribution < -0.4 is 0 Å². The minimum Gasteiger partial charge on any atom is -0.456 e. The molecular formula is C31H54N2O3+2. The zero-order chi connectivity index (χ0) is 25.3. The maximum absolute atomic E-state index is 12.4. The lowest BCUT2D eigenvalue weighted by Gasteiger charge is -2.61. The van der Waals surface area contributed by atoms with Crippen molar-refractivity contribution in [3.63, 3.8) is 0 Å². The van der Waals surface area contributed by atoms with Gasteiger partial charge in [-0.2, -0.15) is 0 Å². The van der Waals surface area contributed by atoms with E-state index in [0.717, 1.165) is 54.6 Å². The van der Waals surface area contributed by atoms with Crippen LogP contribution in [0.1, 0.15) is 85.0 Å². The largest absolute Gasteiger partial charge is 0.456 e. The van der Waals surface area contributed by atoms with Gasteiger partial charge < -0.3 is 18.4 Å². The Hall–Kier alpha value is -0.650. The highest BCUT2D eigenvalue weighted by Crippen LogP contribution is 2.67. The molecule has 5 heteroatoms. The summed E-state index contributed by atoms with van der Waals surface area (Å²) in [5.41, 5.74) is 0.651. The number of carbonyl (C=O) groups excluding carboxylic acids is 1. The minimum absolute atomic E-state index is 0.0601. The topological polar surface area (TPSA) is 35.5 Å². The van der Waals surface area contributed by atoms with Crippen LogP contribution >= 0.6 is 0 Å². The van der Waals surface area contributed by atoms with Crippen LogP contribution in [0.3, 0.4) is 0 Å². The summed E-state index contributed by atoms with van der Waals surface area (Å²) < 4.78 is 14.5. The fourth-order valence-electron chi connectivity index (χ4n) is 11.3. The lowest BCUT2D eigenvalue weighted by atomic mass is 9.45. The Morgan fingerprint density at radius 1 is 0.833 bits per heavy atom. The Morgan fingerprint density at radius 3 is 2.22 bits per heavy atom. The maximum Gasteiger partial charge on any atom is 0.303 e. The molecule has 6 aliphatic rings. The molecule has 204 valence electrons. The molecule has 0 aromatic heterocycles. The van der Waals surface area contributed by atoms with E-state index in [0.29, 0.717) is 17.4 Å². The highest BCUT2D eigenvalue weighted by Gasteiger charge is 2.67. The van der Waals surface area contributed by atoms with E-state index >= 15 is 0 Å². The van der Waals surface area contributed by atoms with Crippen molar-refractivity contribution >= 4 is 5.97 Å². The van der Waals surface area contributed by atoms with Crippen molar-refractivity contribution < 1.29 is 23.2 Å². The van der Waals surface area contributed by atoms with E-state index in [1.165, 1.54) is 81.8 Å². The molecule has 0 aromatic carbocycles.